The van der Waals surface area contributed by atoms with Crippen LogP contribution in [-0.2, 0) is 11.3 Å². The standard InChI is InChI=1S/C18H21N3O3/c1-24-15-8-4-5-13(11-15)16-9-10-18(23)21(20-16)12-17(22)19-14-6-2-3-7-14/h4-5,8-11,14H,2-3,6-7,12H2,1H3,(H,19,22). The Balaban J connectivity index is 1.78. The van der Waals surface area contributed by atoms with Crippen LogP contribution in [0.25, 0.3) is 11.3 Å². The van der Waals surface area contributed by atoms with Gasteiger partial charge in [-0.1, -0.05) is 25.0 Å². The first-order chi connectivity index (χ1) is 11.7. The molecule has 1 heterocycles. The Labute approximate surface area is 140 Å². The summed E-state index contributed by atoms with van der Waals surface area (Å²) in [5.74, 6) is 0.547. The molecule has 6 nitrogen and oxygen atoms in total. The SMILES string of the molecule is COc1cccc(-c2ccc(=O)n(CC(=O)NC3CCCC3)n2)c1. The fourth-order valence-corrected chi connectivity index (χ4v) is 2.98. The van der Waals surface area contributed by atoms with Gasteiger partial charge in [-0.2, -0.15) is 5.10 Å². The highest BCUT2D eigenvalue weighted by atomic mass is 16.5. The number of nitrogens with one attached hydrogen (secondary N) is 1. The minimum Gasteiger partial charge on any atom is -0.497 e. The number of rotatable bonds is 5. The molecule has 0 unspecified atom stereocenters. The lowest BCUT2D eigenvalue weighted by Gasteiger charge is -2.13. The highest BCUT2D eigenvalue weighted by Gasteiger charge is 2.17. The summed E-state index contributed by atoms with van der Waals surface area (Å²) >= 11 is 0. The number of carbonyl (C=O) groups is 1. The van der Waals surface area contributed by atoms with E-state index in [1.54, 1.807) is 13.2 Å². The number of methoxy groups -OCH3 is 1. The summed E-state index contributed by atoms with van der Waals surface area (Å²) in [6, 6.07) is 10.8. The first-order valence-corrected chi connectivity index (χ1v) is 8.17. The molecule has 126 valence electrons. The van der Waals surface area contributed by atoms with Crippen molar-refractivity contribution in [1.29, 1.82) is 0 Å². The topological polar surface area (TPSA) is 73.2 Å². The van der Waals surface area contributed by atoms with E-state index in [4.69, 9.17) is 4.74 Å². The van der Waals surface area contributed by atoms with E-state index in [9.17, 15) is 9.59 Å². The van der Waals surface area contributed by atoms with Crippen LogP contribution in [0.15, 0.2) is 41.2 Å². The van der Waals surface area contributed by atoms with Crippen molar-refractivity contribution < 1.29 is 9.53 Å². The second-order valence-corrected chi connectivity index (χ2v) is 6.00. The molecule has 1 fully saturated rings. The van der Waals surface area contributed by atoms with E-state index in [0.717, 1.165) is 31.2 Å². The molecule has 1 aromatic heterocycles. The predicted molar refractivity (Wildman–Crippen MR) is 90.9 cm³/mol. The van der Waals surface area contributed by atoms with Gasteiger partial charge in [-0.15, -0.1) is 0 Å². The van der Waals surface area contributed by atoms with Crippen molar-refractivity contribution in [1.82, 2.24) is 15.1 Å². The lowest BCUT2D eigenvalue weighted by atomic mass is 10.1. The van der Waals surface area contributed by atoms with E-state index in [1.807, 2.05) is 24.3 Å². The second-order valence-electron chi connectivity index (χ2n) is 6.00. The van der Waals surface area contributed by atoms with Gasteiger partial charge < -0.3 is 10.1 Å². The Hall–Kier alpha value is -2.63. The van der Waals surface area contributed by atoms with Crippen LogP contribution in [0.3, 0.4) is 0 Å². The molecule has 0 radical (unpaired) electrons. The Morgan fingerprint density at radius 2 is 2.08 bits per heavy atom. The third-order valence-corrected chi connectivity index (χ3v) is 4.25. The highest BCUT2D eigenvalue weighted by Crippen LogP contribution is 2.21. The zero-order chi connectivity index (χ0) is 16.9. The second kappa shape index (κ2) is 7.29. The van der Waals surface area contributed by atoms with Crippen molar-refractivity contribution in [3.63, 3.8) is 0 Å². The van der Waals surface area contributed by atoms with E-state index < -0.39 is 0 Å². The monoisotopic (exact) mass is 327 g/mol. The number of carbonyl (C=O) groups excluding carboxylic acids is 1. The molecule has 1 saturated carbocycles. The largest absolute Gasteiger partial charge is 0.497 e. The maximum absolute atomic E-state index is 12.1. The molecule has 24 heavy (non-hydrogen) atoms. The van der Waals surface area contributed by atoms with Crippen molar-refractivity contribution in [3.8, 4) is 17.0 Å². The van der Waals surface area contributed by atoms with Crippen LogP contribution >= 0.6 is 0 Å². The highest BCUT2D eigenvalue weighted by molar-refractivity contribution is 5.76. The molecule has 1 aliphatic carbocycles. The van der Waals surface area contributed by atoms with Crippen molar-refractivity contribution in [2.24, 2.45) is 0 Å². The first kappa shape index (κ1) is 16.2. The Morgan fingerprint density at radius 1 is 1.29 bits per heavy atom. The van der Waals surface area contributed by atoms with Gasteiger partial charge in [0.05, 0.1) is 12.8 Å². The zero-order valence-corrected chi connectivity index (χ0v) is 13.7. The summed E-state index contributed by atoms with van der Waals surface area (Å²) in [5, 5.41) is 7.29. The number of aromatic nitrogens is 2. The molecule has 3 rings (SSSR count). The molecule has 6 heteroatoms. The molecular formula is C18H21N3O3. The van der Waals surface area contributed by atoms with Gasteiger partial charge in [0.1, 0.15) is 12.3 Å². The summed E-state index contributed by atoms with van der Waals surface area (Å²) in [6.45, 7) is -0.0624. The van der Waals surface area contributed by atoms with Gasteiger partial charge in [-0.05, 0) is 31.0 Å². The average molecular weight is 327 g/mol. The van der Waals surface area contributed by atoms with Crippen LogP contribution in [0, 0.1) is 0 Å². The van der Waals surface area contributed by atoms with Gasteiger partial charge in [0.25, 0.3) is 5.56 Å². The lowest BCUT2D eigenvalue weighted by molar-refractivity contribution is -0.122. The van der Waals surface area contributed by atoms with Crippen LogP contribution in [0.4, 0.5) is 0 Å². The number of hydrogen-bond acceptors (Lipinski definition) is 4. The third-order valence-electron chi connectivity index (χ3n) is 4.25. The van der Waals surface area contributed by atoms with E-state index in [-0.39, 0.29) is 24.1 Å². The molecule has 1 N–H and O–H groups in total. The van der Waals surface area contributed by atoms with Crippen LogP contribution in [-0.4, -0.2) is 28.8 Å². The third kappa shape index (κ3) is 3.82. The number of amides is 1. The molecule has 1 aromatic carbocycles. The Morgan fingerprint density at radius 3 is 2.83 bits per heavy atom. The zero-order valence-electron chi connectivity index (χ0n) is 13.7. The van der Waals surface area contributed by atoms with Gasteiger partial charge >= 0.3 is 0 Å². The van der Waals surface area contributed by atoms with Gasteiger partial charge in [0.15, 0.2) is 0 Å². The smallest absolute Gasteiger partial charge is 0.267 e. The predicted octanol–water partition coefficient (Wildman–Crippen LogP) is 1.98. The van der Waals surface area contributed by atoms with Gasteiger partial charge in [-0.3, -0.25) is 9.59 Å². The summed E-state index contributed by atoms with van der Waals surface area (Å²) in [5.41, 5.74) is 1.17. The normalized spacial score (nSPS) is 14.5. The summed E-state index contributed by atoms with van der Waals surface area (Å²) in [7, 11) is 1.60. The van der Waals surface area contributed by atoms with Crippen molar-refractivity contribution in [2.45, 2.75) is 38.3 Å². The minimum absolute atomic E-state index is 0.0624. The van der Waals surface area contributed by atoms with Crippen molar-refractivity contribution >= 4 is 5.91 Å². The molecule has 0 atom stereocenters. The molecule has 1 aliphatic rings. The molecule has 0 saturated heterocycles. The lowest BCUT2D eigenvalue weighted by Crippen LogP contribution is -2.38. The van der Waals surface area contributed by atoms with Crippen LogP contribution in [0.5, 0.6) is 5.75 Å². The minimum atomic E-state index is -0.289. The van der Waals surface area contributed by atoms with Gasteiger partial charge in [0.2, 0.25) is 5.91 Å². The van der Waals surface area contributed by atoms with Crippen molar-refractivity contribution in [2.75, 3.05) is 7.11 Å². The quantitative estimate of drug-likeness (QED) is 0.911. The average Bonchev–Trinajstić information content (AvgIpc) is 3.09. The number of ether oxygens (including phenoxy) is 1. The molecule has 0 aliphatic heterocycles. The number of nitrogens with zero attached hydrogens (tertiary/aromatic N) is 2. The van der Waals surface area contributed by atoms with Gasteiger partial charge in [0, 0.05) is 17.7 Å². The summed E-state index contributed by atoms with van der Waals surface area (Å²) < 4.78 is 6.42. The number of hydrogen-bond donors (Lipinski definition) is 1. The maximum Gasteiger partial charge on any atom is 0.267 e. The van der Waals surface area contributed by atoms with Crippen molar-refractivity contribution in [3.05, 3.63) is 46.8 Å². The number of benzene rings is 1. The molecule has 0 bridgehead atoms. The van der Waals surface area contributed by atoms with Crippen LogP contribution < -0.4 is 15.6 Å². The Bertz CT molecular complexity index is 779. The summed E-state index contributed by atoms with van der Waals surface area (Å²) in [6.07, 6.45) is 4.32. The maximum atomic E-state index is 12.1. The molecule has 0 spiro atoms. The molecular weight excluding hydrogens is 306 g/mol. The first-order valence-electron chi connectivity index (χ1n) is 8.17. The van der Waals surface area contributed by atoms with E-state index in [0.29, 0.717) is 11.4 Å². The van der Waals surface area contributed by atoms with E-state index in [2.05, 4.69) is 10.4 Å². The molecule has 2 aromatic rings. The fourth-order valence-electron chi connectivity index (χ4n) is 2.98. The fraction of sp³-hybridized carbons (Fsp3) is 0.389. The van der Waals surface area contributed by atoms with Gasteiger partial charge in [-0.25, -0.2) is 4.68 Å². The van der Waals surface area contributed by atoms with Crippen LogP contribution in [0.2, 0.25) is 0 Å². The Kier molecular flexibility index (Phi) is 4.93. The van der Waals surface area contributed by atoms with E-state index in [1.165, 1.54) is 10.7 Å². The summed E-state index contributed by atoms with van der Waals surface area (Å²) in [4.78, 5) is 24.1. The van der Waals surface area contributed by atoms with E-state index >= 15 is 0 Å². The molecule has 1 amide bonds. The van der Waals surface area contributed by atoms with Crippen LogP contribution in [0.1, 0.15) is 25.7 Å².